The molecule has 1 aromatic carbocycles. The molecule has 4 heteroatoms. The maximum Gasteiger partial charge on any atom is 0.308 e. The average Bonchev–Trinajstić information content (AvgIpc) is 2.78. The maximum atomic E-state index is 11.1. The van der Waals surface area contributed by atoms with Crippen LogP contribution in [0.5, 0.6) is 5.75 Å². The van der Waals surface area contributed by atoms with Gasteiger partial charge >= 0.3 is 5.97 Å². The van der Waals surface area contributed by atoms with Gasteiger partial charge in [-0.1, -0.05) is 26.0 Å². The minimum atomic E-state index is -0.681. The van der Waals surface area contributed by atoms with E-state index in [0.29, 0.717) is 6.54 Å². The number of hydrogen-bond acceptors (Lipinski definition) is 3. The molecule has 1 heterocycles. The van der Waals surface area contributed by atoms with Crippen molar-refractivity contribution in [3.63, 3.8) is 0 Å². The highest BCUT2D eigenvalue weighted by atomic mass is 16.5. The van der Waals surface area contributed by atoms with Gasteiger partial charge in [0.15, 0.2) is 0 Å². The average molecular weight is 277 g/mol. The molecular weight excluding hydrogens is 254 g/mol. The van der Waals surface area contributed by atoms with Crippen LogP contribution in [0, 0.1) is 11.8 Å². The minimum absolute atomic E-state index is 0.215. The topological polar surface area (TPSA) is 49.8 Å². The largest absolute Gasteiger partial charge is 0.494 e. The molecule has 0 aromatic heterocycles. The van der Waals surface area contributed by atoms with E-state index in [2.05, 4.69) is 24.0 Å². The number of carbonyl (C=O) groups is 1. The Bertz CT molecular complexity index is 461. The van der Waals surface area contributed by atoms with Gasteiger partial charge in [-0.25, -0.2) is 0 Å². The lowest BCUT2D eigenvalue weighted by Gasteiger charge is -2.16. The van der Waals surface area contributed by atoms with Crippen molar-refractivity contribution in [3.8, 4) is 5.75 Å². The van der Waals surface area contributed by atoms with Crippen LogP contribution in [0.1, 0.15) is 25.8 Å². The van der Waals surface area contributed by atoms with Crippen molar-refractivity contribution in [3.05, 3.63) is 29.8 Å². The summed E-state index contributed by atoms with van der Waals surface area (Å²) in [6.07, 6.45) is 0.994. The van der Waals surface area contributed by atoms with E-state index in [4.69, 9.17) is 9.84 Å². The van der Waals surface area contributed by atoms with Gasteiger partial charge < -0.3 is 9.84 Å². The molecule has 2 rings (SSSR count). The molecule has 2 unspecified atom stereocenters. The van der Waals surface area contributed by atoms with E-state index in [0.717, 1.165) is 31.9 Å². The van der Waals surface area contributed by atoms with Crippen molar-refractivity contribution in [2.24, 2.45) is 11.8 Å². The predicted octanol–water partition coefficient (Wildman–Crippen LogP) is 2.63. The molecule has 4 nitrogen and oxygen atoms in total. The predicted molar refractivity (Wildman–Crippen MR) is 77.8 cm³/mol. The molecule has 1 aliphatic heterocycles. The van der Waals surface area contributed by atoms with Crippen LogP contribution < -0.4 is 4.74 Å². The highest BCUT2D eigenvalue weighted by molar-refractivity contribution is 5.71. The second-order valence-corrected chi connectivity index (χ2v) is 5.61. The zero-order valence-corrected chi connectivity index (χ0v) is 12.2. The summed E-state index contributed by atoms with van der Waals surface area (Å²) in [7, 11) is 0. The van der Waals surface area contributed by atoms with E-state index in [1.54, 1.807) is 0 Å². The van der Waals surface area contributed by atoms with Gasteiger partial charge in [-0.05, 0) is 30.0 Å². The fraction of sp³-hybridized carbons (Fsp3) is 0.562. The quantitative estimate of drug-likeness (QED) is 0.868. The Balaban J connectivity index is 1.95. The third-order valence-electron chi connectivity index (χ3n) is 3.78. The normalized spacial score (nSPS) is 22.9. The highest BCUT2D eigenvalue weighted by Gasteiger charge is 2.34. The van der Waals surface area contributed by atoms with Gasteiger partial charge in [-0.3, -0.25) is 9.69 Å². The Labute approximate surface area is 120 Å². The minimum Gasteiger partial charge on any atom is -0.494 e. The van der Waals surface area contributed by atoms with E-state index >= 15 is 0 Å². The first-order valence-corrected chi connectivity index (χ1v) is 7.27. The summed E-state index contributed by atoms with van der Waals surface area (Å²) in [6, 6.07) is 8.08. The van der Waals surface area contributed by atoms with Gasteiger partial charge in [0.1, 0.15) is 5.75 Å². The molecule has 0 amide bonds. The van der Waals surface area contributed by atoms with Crippen LogP contribution in [-0.4, -0.2) is 35.7 Å². The number of nitrogens with zero attached hydrogens (tertiary/aromatic N) is 1. The van der Waals surface area contributed by atoms with E-state index < -0.39 is 5.97 Å². The van der Waals surface area contributed by atoms with Crippen LogP contribution in [0.25, 0.3) is 0 Å². The number of rotatable bonds is 6. The summed E-state index contributed by atoms with van der Waals surface area (Å²) in [5, 5.41) is 9.16. The van der Waals surface area contributed by atoms with Gasteiger partial charge in [-0.2, -0.15) is 0 Å². The smallest absolute Gasteiger partial charge is 0.308 e. The molecule has 110 valence electrons. The van der Waals surface area contributed by atoms with Gasteiger partial charge in [-0.15, -0.1) is 0 Å². The lowest BCUT2D eigenvalue weighted by molar-refractivity contribution is -0.142. The zero-order chi connectivity index (χ0) is 14.5. The van der Waals surface area contributed by atoms with Crippen LogP contribution in [0.4, 0.5) is 0 Å². The van der Waals surface area contributed by atoms with E-state index in [1.807, 2.05) is 19.1 Å². The zero-order valence-electron chi connectivity index (χ0n) is 12.2. The number of benzene rings is 1. The molecule has 0 radical (unpaired) electrons. The van der Waals surface area contributed by atoms with Crippen LogP contribution >= 0.6 is 0 Å². The highest BCUT2D eigenvalue weighted by Crippen LogP contribution is 2.25. The molecule has 0 spiro atoms. The van der Waals surface area contributed by atoms with Gasteiger partial charge in [0.2, 0.25) is 0 Å². The molecule has 2 atom stereocenters. The first kappa shape index (κ1) is 14.9. The van der Waals surface area contributed by atoms with Crippen LogP contribution in [0.3, 0.4) is 0 Å². The molecule has 1 aromatic rings. The van der Waals surface area contributed by atoms with Crippen molar-refractivity contribution in [2.45, 2.75) is 26.8 Å². The number of likely N-dealkylation sites (tertiary alicyclic amines) is 1. The molecule has 20 heavy (non-hydrogen) atoms. The van der Waals surface area contributed by atoms with E-state index in [-0.39, 0.29) is 11.8 Å². The fourth-order valence-electron chi connectivity index (χ4n) is 2.73. The molecule has 1 fully saturated rings. The van der Waals surface area contributed by atoms with Gasteiger partial charge in [0.25, 0.3) is 0 Å². The van der Waals surface area contributed by atoms with Crippen LogP contribution in [-0.2, 0) is 11.3 Å². The number of aliphatic carboxylic acids is 1. The summed E-state index contributed by atoms with van der Waals surface area (Å²) in [6.45, 7) is 7.09. The van der Waals surface area contributed by atoms with Crippen molar-refractivity contribution in [1.82, 2.24) is 4.90 Å². The number of hydrogen-bond donors (Lipinski definition) is 1. The summed E-state index contributed by atoms with van der Waals surface area (Å²) < 4.78 is 5.63. The van der Waals surface area contributed by atoms with Crippen molar-refractivity contribution in [1.29, 1.82) is 0 Å². The Morgan fingerprint density at radius 2 is 2.25 bits per heavy atom. The van der Waals surface area contributed by atoms with Crippen molar-refractivity contribution in [2.75, 3.05) is 19.7 Å². The Kier molecular flexibility index (Phi) is 5.01. The van der Waals surface area contributed by atoms with Gasteiger partial charge in [0, 0.05) is 19.6 Å². The molecule has 1 saturated heterocycles. The van der Waals surface area contributed by atoms with E-state index in [9.17, 15) is 4.79 Å². The SMILES string of the molecule is CCCOc1cccc(CN2CC(C)C(C(=O)O)C2)c1. The first-order valence-electron chi connectivity index (χ1n) is 7.27. The number of carboxylic acid groups (broad SMARTS) is 1. The summed E-state index contributed by atoms with van der Waals surface area (Å²) in [5.74, 6) is 0.188. The van der Waals surface area contributed by atoms with Crippen LogP contribution in [0.2, 0.25) is 0 Å². The fourth-order valence-corrected chi connectivity index (χ4v) is 2.73. The maximum absolute atomic E-state index is 11.1. The lowest BCUT2D eigenvalue weighted by Crippen LogP contribution is -2.23. The molecular formula is C16H23NO3. The van der Waals surface area contributed by atoms with Crippen molar-refractivity contribution >= 4 is 5.97 Å². The Morgan fingerprint density at radius 1 is 1.45 bits per heavy atom. The molecule has 1 N–H and O–H groups in total. The Morgan fingerprint density at radius 3 is 2.90 bits per heavy atom. The number of carboxylic acids is 1. The second-order valence-electron chi connectivity index (χ2n) is 5.61. The monoisotopic (exact) mass is 277 g/mol. The molecule has 0 aliphatic carbocycles. The number of ether oxygens (including phenoxy) is 1. The molecule has 0 bridgehead atoms. The summed E-state index contributed by atoms with van der Waals surface area (Å²) >= 11 is 0. The van der Waals surface area contributed by atoms with Gasteiger partial charge in [0.05, 0.1) is 12.5 Å². The lowest BCUT2D eigenvalue weighted by atomic mass is 9.99. The summed E-state index contributed by atoms with van der Waals surface area (Å²) in [4.78, 5) is 13.3. The molecule has 0 saturated carbocycles. The van der Waals surface area contributed by atoms with Crippen LogP contribution in [0.15, 0.2) is 24.3 Å². The molecule has 1 aliphatic rings. The van der Waals surface area contributed by atoms with E-state index in [1.165, 1.54) is 5.56 Å². The summed E-state index contributed by atoms with van der Waals surface area (Å²) in [5.41, 5.74) is 1.18. The Hall–Kier alpha value is -1.55. The van der Waals surface area contributed by atoms with Crippen molar-refractivity contribution < 1.29 is 14.6 Å². The third kappa shape index (κ3) is 3.73. The standard InChI is InChI=1S/C16H23NO3/c1-3-7-20-14-6-4-5-13(8-14)10-17-9-12(2)15(11-17)16(18)19/h4-6,8,12,15H,3,7,9-11H2,1-2H3,(H,18,19). The first-order chi connectivity index (χ1) is 9.60. The second kappa shape index (κ2) is 6.75. The third-order valence-corrected chi connectivity index (χ3v) is 3.78.